The fourth-order valence-corrected chi connectivity index (χ4v) is 3.99. The molecule has 0 fully saturated rings. The van der Waals surface area contributed by atoms with Gasteiger partial charge >= 0.3 is 5.97 Å². The molecule has 29 heavy (non-hydrogen) atoms. The molecule has 0 unspecified atom stereocenters. The first kappa shape index (κ1) is 20.5. The van der Waals surface area contributed by atoms with Gasteiger partial charge in [0.1, 0.15) is 12.4 Å². The molecule has 0 atom stereocenters. The summed E-state index contributed by atoms with van der Waals surface area (Å²) in [6.45, 7) is 3.28. The minimum Gasteiger partial charge on any atom is -0.454 e. The monoisotopic (exact) mass is 415 g/mol. The second-order valence-corrected chi connectivity index (χ2v) is 8.40. The molecule has 1 amide bonds. The average molecular weight is 415 g/mol. The number of ether oxygens (including phenoxy) is 1. The molecule has 3 rings (SSSR count). The van der Waals surface area contributed by atoms with Crippen molar-refractivity contribution >= 4 is 33.4 Å². The number of hydrogen-bond acceptors (Lipinski definition) is 6. The first-order valence-electron chi connectivity index (χ1n) is 8.98. The second kappa shape index (κ2) is 8.44. The fraction of sp³-hybridized carbons (Fsp3) is 0.250. The zero-order chi connectivity index (χ0) is 21.0. The van der Waals surface area contributed by atoms with Crippen LogP contribution in [0.15, 0.2) is 58.4 Å². The number of hydrogen-bond donors (Lipinski definition) is 2. The van der Waals surface area contributed by atoms with Gasteiger partial charge in [0.2, 0.25) is 0 Å². The third kappa shape index (κ3) is 5.00. The van der Waals surface area contributed by atoms with E-state index in [9.17, 15) is 18.0 Å². The molecule has 152 valence electrons. The van der Waals surface area contributed by atoms with Gasteiger partial charge in [-0.15, -0.1) is 0 Å². The van der Waals surface area contributed by atoms with E-state index in [1.54, 1.807) is 30.3 Å². The van der Waals surface area contributed by atoms with Crippen LogP contribution in [-0.2, 0) is 24.3 Å². The Morgan fingerprint density at radius 2 is 1.79 bits per heavy atom. The van der Waals surface area contributed by atoms with Crippen molar-refractivity contribution in [1.82, 2.24) is 4.72 Å². The molecule has 0 radical (unpaired) electrons. The van der Waals surface area contributed by atoms with Gasteiger partial charge < -0.3 is 10.1 Å². The van der Waals surface area contributed by atoms with Crippen LogP contribution < -0.4 is 10.0 Å². The van der Waals surface area contributed by atoms with Crippen molar-refractivity contribution in [3.63, 3.8) is 0 Å². The highest BCUT2D eigenvalue weighted by atomic mass is 32.2. The number of carbonyl (C=O) groups is 2. The van der Waals surface area contributed by atoms with Crippen LogP contribution in [0.5, 0.6) is 0 Å². The number of fused-ring (bicyclic) bond motifs is 1. The van der Waals surface area contributed by atoms with E-state index < -0.39 is 35.1 Å². The zero-order valence-electron chi connectivity index (χ0n) is 16.0. The molecule has 1 aliphatic heterocycles. The summed E-state index contributed by atoms with van der Waals surface area (Å²) in [6.07, 6.45) is 0. The number of anilines is 1. The Morgan fingerprint density at radius 3 is 2.48 bits per heavy atom. The number of nitrogens with zero attached hydrogens (tertiary/aromatic N) is 1. The molecule has 2 aromatic rings. The molecule has 0 saturated heterocycles. The SMILES string of the molecule is CC(C)c1ccc(NC(=O)COC(=O)CN=C2NS(=O)(=O)c3ccccc32)cc1. The Bertz CT molecular complexity index is 1060. The first-order valence-corrected chi connectivity index (χ1v) is 10.5. The molecule has 0 spiro atoms. The third-order valence-electron chi connectivity index (χ3n) is 4.25. The predicted octanol–water partition coefficient (Wildman–Crippen LogP) is 2.03. The quantitative estimate of drug-likeness (QED) is 0.701. The summed E-state index contributed by atoms with van der Waals surface area (Å²) < 4.78 is 31.2. The Hall–Kier alpha value is -3.20. The predicted molar refractivity (Wildman–Crippen MR) is 108 cm³/mol. The van der Waals surface area contributed by atoms with Crippen LogP contribution in [0, 0.1) is 0 Å². The van der Waals surface area contributed by atoms with Crippen molar-refractivity contribution in [2.24, 2.45) is 4.99 Å². The molecule has 1 aliphatic rings. The maximum absolute atomic E-state index is 12.0. The van der Waals surface area contributed by atoms with Crippen molar-refractivity contribution in [2.75, 3.05) is 18.5 Å². The number of aliphatic imine (C=N–C) groups is 1. The van der Waals surface area contributed by atoms with Crippen molar-refractivity contribution < 1.29 is 22.7 Å². The molecule has 8 nitrogen and oxygen atoms in total. The summed E-state index contributed by atoms with van der Waals surface area (Å²) in [7, 11) is -3.67. The largest absolute Gasteiger partial charge is 0.454 e. The maximum Gasteiger partial charge on any atom is 0.328 e. The van der Waals surface area contributed by atoms with E-state index in [0.29, 0.717) is 17.2 Å². The average Bonchev–Trinajstić information content (AvgIpc) is 2.96. The van der Waals surface area contributed by atoms with E-state index in [0.717, 1.165) is 5.56 Å². The lowest BCUT2D eigenvalue weighted by atomic mass is 10.0. The Morgan fingerprint density at radius 1 is 1.10 bits per heavy atom. The summed E-state index contributed by atoms with van der Waals surface area (Å²) in [4.78, 5) is 27.9. The summed E-state index contributed by atoms with van der Waals surface area (Å²) in [5.41, 5.74) is 2.15. The minimum absolute atomic E-state index is 0.0762. The van der Waals surface area contributed by atoms with Crippen LogP contribution in [-0.4, -0.2) is 39.3 Å². The number of esters is 1. The number of amides is 1. The first-order chi connectivity index (χ1) is 13.8. The highest BCUT2D eigenvalue weighted by Crippen LogP contribution is 2.22. The Labute approximate surface area is 169 Å². The number of carbonyl (C=O) groups excluding carboxylic acids is 2. The minimum atomic E-state index is -3.67. The van der Waals surface area contributed by atoms with Crippen molar-refractivity contribution in [3.8, 4) is 0 Å². The van der Waals surface area contributed by atoms with Gasteiger partial charge in [-0.3, -0.25) is 19.3 Å². The van der Waals surface area contributed by atoms with E-state index in [2.05, 4.69) is 28.9 Å². The van der Waals surface area contributed by atoms with Gasteiger partial charge in [0, 0.05) is 11.3 Å². The Kier molecular flexibility index (Phi) is 5.97. The van der Waals surface area contributed by atoms with Gasteiger partial charge in [0.15, 0.2) is 6.61 Å². The molecule has 0 bridgehead atoms. The maximum atomic E-state index is 12.0. The van der Waals surface area contributed by atoms with Gasteiger partial charge in [0.25, 0.3) is 15.9 Å². The molecule has 0 aliphatic carbocycles. The number of rotatable bonds is 6. The lowest BCUT2D eigenvalue weighted by molar-refractivity contribution is -0.145. The van der Waals surface area contributed by atoms with E-state index in [1.807, 2.05) is 12.1 Å². The Balaban J connectivity index is 1.51. The molecule has 0 saturated carbocycles. The van der Waals surface area contributed by atoms with Crippen LogP contribution in [0.4, 0.5) is 5.69 Å². The highest BCUT2D eigenvalue weighted by Gasteiger charge is 2.30. The van der Waals surface area contributed by atoms with Crippen LogP contribution >= 0.6 is 0 Å². The van der Waals surface area contributed by atoms with Gasteiger partial charge in [-0.2, -0.15) is 0 Å². The van der Waals surface area contributed by atoms with Crippen molar-refractivity contribution in [1.29, 1.82) is 0 Å². The highest BCUT2D eigenvalue weighted by molar-refractivity contribution is 7.90. The van der Waals surface area contributed by atoms with E-state index in [1.165, 1.54) is 6.07 Å². The number of nitrogens with one attached hydrogen (secondary N) is 2. The fourth-order valence-electron chi connectivity index (χ4n) is 2.74. The van der Waals surface area contributed by atoms with E-state index in [4.69, 9.17) is 4.74 Å². The lowest BCUT2D eigenvalue weighted by Gasteiger charge is -2.08. The van der Waals surface area contributed by atoms with Gasteiger partial charge in [-0.25, -0.2) is 8.42 Å². The molecule has 1 heterocycles. The summed E-state index contributed by atoms with van der Waals surface area (Å²) in [5, 5.41) is 2.64. The number of amidine groups is 1. The topological polar surface area (TPSA) is 114 Å². The van der Waals surface area contributed by atoms with Crippen molar-refractivity contribution in [2.45, 2.75) is 24.7 Å². The van der Waals surface area contributed by atoms with Crippen LogP contribution in [0.3, 0.4) is 0 Å². The molecular weight excluding hydrogens is 394 g/mol. The van der Waals surface area contributed by atoms with Crippen LogP contribution in [0.1, 0.15) is 30.9 Å². The molecular formula is C20H21N3O5S. The van der Waals surface area contributed by atoms with Gasteiger partial charge in [-0.05, 0) is 35.7 Å². The smallest absolute Gasteiger partial charge is 0.328 e. The summed E-state index contributed by atoms with van der Waals surface area (Å²) in [5.74, 6) is -0.757. The lowest BCUT2D eigenvalue weighted by Crippen LogP contribution is -2.25. The standard InChI is InChI=1S/C20H21N3O5S/c1-13(2)14-7-9-15(10-8-14)22-18(24)12-28-19(25)11-21-20-16-5-3-4-6-17(16)29(26,27)23-20/h3-10,13H,11-12H2,1-2H3,(H,21,23)(H,22,24). The third-order valence-corrected chi connectivity index (χ3v) is 5.65. The molecule has 0 aromatic heterocycles. The molecule has 9 heteroatoms. The second-order valence-electron chi connectivity index (χ2n) is 6.75. The number of benzene rings is 2. The normalized spacial score (nSPS) is 15.6. The van der Waals surface area contributed by atoms with Gasteiger partial charge in [0.05, 0.1) is 4.90 Å². The molecule has 2 aromatic carbocycles. The van der Waals surface area contributed by atoms with Crippen LogP contribution in [0.2, 0.25) is 0 Å². The van der Waals surface area contributed by atoms with E-state index in [-0.39, 0.29) is 10.7 Å². The van der Waals surface area contributed by atoms with Crippen molar-refractivity contribution in [3.05, 3.63) is 59.7 Å². The molecule has 2 N–H and O–H groups in total. The zero-order valence-corrected chi connectivity index (χ0v) is 16.8. The van der Waals surface area contributed by atoms with Gasteiger partial charge in [-0.1, -0.05) is 38.1 Å². The summed E-state index contributed by atoms with van der Waals surface area (Å²) in [6, 6.07) is 13.7. The summed E-state index contributed by atoms with van der Waals surface area (Å²) >= 11 is 0. The van der Waals surface area contributed by atoms with E-state index >= 15 is 0 Å². The number of sulfonamides is 1. The van der Waals surface area contributed by atoms with Crippen LogP contribution in [0.25, 0.3) is 0 Å².